The minimum atomic E-state index is -0.0813. The molecule has 3 aromatic rings. The third-order valence-electron chi connectivity index (χ3n) is 6.03. The first-order chi connectivity index (χ1) is 16.2. The smallest absolute Gasteiger partial charge is 0.276 e. The minimum Gasteiger partial charge on any atom is -0.484 e. The van der Waals surface area contributed by atoms with Crippen LogP contribution in [0.2, 0.25) is 0 Å². The highest BCUT2D eigenvalue weighted by molar-refractivity contribution is 5.70. The predicted octanol–water partition coefficient (Wildman–Crippen LogP) is 0.615. The summed E-state index contributed by atoms with van der Waals surface area (Å²) in [5, 5.41) is 11.9. The molecule has 5 heterocycles. The summed E-state index contributed by atoms with van der Waals surface area (Å²) in [6, 6.07) is 5.54. The van der Waals surface area contributed by atoms with Gasteiger partial charge in [0.2, 0.25) is 5.88 Å². The Labute approximate surface area is 190 Å². The largest absolute Gasteiger partial charge is 0.484 e. The van der Waals surface area contributed by atoms with E-state index in [4.69, 9.17) is 14.2 Å². The fourth-order valence-corrected chi connectivity index (χ4v) is 4.18. The molecule has 33 heavy (non-hydrogen) atoms. The van der Waals surface area contributed by atoms with Crippen molar-refractivity contribution < 1.29 is 14.2 Å². The van der Waals surface area contributed by atoms with Crippen LogP contribution in [0, 0.1) is 0 Å². The van der Waals surface area contributed by atoms with Crippen LogP contribution in [0.15, 0.2) is 29.2 Å². The molecule has 11 nitrogen and oxygen atoms in total. The van der Waals surface area contributed by atoms with Gasteiger partial charge in [-0.05, 0) is 32.0 Å². The Balaban J connectivity index is 1.13. The van der Waals surface area contributed by atoms with E-state index in [1.54, 1.807) is 30.0 Å². The van der Waals surface area contributed by atoms with Crippen LogP contribution in [-0.2, 0) is 13.1 Å². The van der Waals surface area contributed by atoms with Crippen LogP contribution in [0.25, 0.3) is 11.2 Å². The molecule has 174 valence electrons. The van der Waals surface area contributed by atoms with E-state index in [0.717, 1.165) is 38.2 Å². The summed E-state index contributed by atoms with van der Waals surface area (Å²) in [6.07, 6.45) is 3.61. The van der Waals surface area contributed by atoms with E-state index < -0.39 is 0 Å². The normalized spacial score (nSPS) is 16.8. The molecule has 0 bridgehead atoms. The number of rotatable bonds is 7. The van der Waals surface area contributed by atoms with E-state index >= 15 is 0 Å². The second-order valence-corrected chi connectivity index (χ2v) is 8.14. The van der Waals surface area contributed by atoms with E-state index in [1.807, 2.05) is 6.07 Å². The quantitative estimate of drug-likeness (QED) is 0.545. The lowest BCUT2D eigenvalue weighted by Crippen LogP contribution is -2.43. The molecular weight excluding hydrogens is 426 g/mol. The van der Waals surface area contributed by atoms with Crippen molar-refractivity contribution in [2.75, 3.05) is 40.0 Å². The lowest BCUT2D eigenvalue weighted by Gasteiger charge is -2.32. The first kappa shape index (κ1) is 21.5. The van der Waals surface area contributed by atoms with Crippen molar-refractivity contribution in [3.63, 3.8) is 0 Å². The summed E-state index contributed by atoms with van der Waals surface area (Å²) >= 11 is 0. The summed E-state index contributed by atoms with van der Waals surface area (Å²) in [5.41, 5.74) is 2.00. The van der Waals surface area contributed by atoms with Crippen molar-refractivity contribution in [2.45, 2.75) is 32.0 Å². The number of piperidine rings is 1. The molecule has 0 spiro atoms. The van der Waals surface area contributed by atoms with Gasteiger partial charge in [0.1, 0.15) is 18.7 Å². The van der Waals surface area contributed by atoms with E-state index in [2.05, 4.69) is 30.4 Å². The molecule has 5 rings (SSSR count). The molecule has 0 aliphatic carbocycles. The summed E-state index contributed by atoms with van der Waals surface area (Å²) in [5.74, 6) is 1.53. The number of pyridine rings is 1. The van der Waals surface area contributed by atoms with Crippen LogP contribution < -0.4 is 25.1 Å². The molecule has 2 aliphatic heterocycles. The highest BCUT2D eigenvalue weighted by atomic mass is 16.6. The Morgan fingerprint density at radius 3 is 2.85 bits per heavy atom. The van der Waals surface area contributed by atoms with Gasteiger partial charge in [-0.15, -0.1) is 5.10 Å². The van der Waals surface area contributed by atoms with Gasteiger partial charge in [-0.25, -0.2) is 4.98 Å². The molecule has 0 aromatic carbocycles. The topological polar surface area (TPSA) is 117 Å². The highest BCUT2D eigenvalue weighted by Gasteiger charge is 2.20. The van der Waals surface area contributed by atoms with E-state index in [-0.39, 0.29) is 5.56 Å². The zero-order valence-corrected chi connectivity index (χ0v) is 18.6. The molecule has 0 saturated carbocycles. The molecule has 3 aromatic heterocycles. The molecule has 11 heteroatoms. The van der Waals surface area contributed by atoms with Gasteiger partial charge < -0.3 is 24.4 Å². The zero-order chi connectivity index (χ0) is 22.6. The molecule has 0 unspecified atom stereocenters. The third kappa shape index (κ3) is 4.88. The van der Waals surface area contributed by atoms with Crippen LogP contribution in [0.5, 0.6) is 17.5 Å². The summed E-state index contributed by atoms with van der Waals surface area (Å²) < 4.78 is 17.9. The highest BCUT2D eigenvalue weighted by Crippen LogP contribution is 2.26. The first-order valence-corrected chi connectivity index (χ1v) is 11.2. The van der Waals surface area contributed by atoms with Crippen molar-refractivity contribution >= 4 is 11.2 Å². The number of nitrogens with zero attached hydrogens (tertiary/aromatic N) is 6. The van der Waals surface area contributed by atoms with E-state index in [0.29, 0.717) is 61.0 Å². The minimum absolute atomic E-state index is 0.0813. The molecule has 0 atom stereocenters. The van der Waals surface area contributed by atoms with Gasteiger partial charge in [0.25, 0.3) is 11.4 Å². The van der Waals surface area contributed by atoms with Crippen LogP contribution in [0.4, 0.5) is 0 Å². The first-order valence-electron chi connectivity index (χ1n) is 11.2. The predicted molar refractivity (Wildman–Crippen MR) is 120 cm³/mol. The lowest BCUT2D eigenvalue weighted by atomic mass is 10.0. The van der Waals surface area contributed by atoms with Gasteiger partial charge in [-0.1, -0.05) is 0 Å². The SMILES string of the molecule is COc1cnc2ccc(=O)n(CCN3CCC(NCc4cc5c(nn4)OCCO5)CC3)c2n1. The Morgan fingerprint density at radius 1 is 1.15 bits per heavy atom. The number of likely N-dealkylation sites (tertiary alicyclic amines) is 1. The number of ether oxygens (including phenoxy) is 3. The van der Waals surface area contributed by atoms with E-state index in [1.165, 1.54) is 0 Å². The third-order valence-corrected chi connectivity index (χ3v) is 6.03. The number of methoxy groups -OCH3 is 1. The molecule has 1 fully saturated rings. The fourth-order valence-electron chi connectivity index (χ4n) is 4.18. The fraction of sp³-hybridized carbons (Fsp3) is 0.500. The molecule has 1 N–H and O–H groups in total. The van der Waals surface area contributed by atoms with Gasteiger partial charge in [0.15, 0.2) is 11.4 Å². The number of fused-ring (bicyclic) bond motifs is 2. The maximum absolute atomic E-state index is 12.5. The summed E-state index contributed by atoms with van der Waals surface area (Å²) in [7, 11) is 1.54. The van der Waals surface area contributed by atoms with Gasteiger partial charge >= 0.3 is 0 Å². The van der Waals surface area contributed by atoms with Crippen LogP contribution >= 0.6 is 0 Å². The summed E-state index contributed by atoms with van der Waals surface area (Å²) in [4.78, 5) is 23.6. The second kappa shape index (κ2) is 9.67. The van der Waals surface area contributed by atoms with Gasteiger partial charge in [0.05, 0.1) is 19.0 Å². The Kier molecular flexibility index (Phi) is 6.31. The molecular formula is C22H27N7O4. The van der Waals surface area contributed by atoms with Crippen molar-refractivity contribution in [2.24, 2.45) is 0 Å². The molecule has 2 aliphatic rings. The maximum Gasteiger partial charge on any atom is 0.276 e. The standard InChI is InChI=1S/C22H27N7O4/c1-31-19-14-24-17-2-3-20(30)29(21(17)25-19)9-8-28-6-4-15(5-7-28)23-13-16-12-18-22(27-26-16)33-11-10-32-18/h2-3,12,14-15,23H,4-11,13H2,1H3. The maximum atomic E-state index is 12.5. The molecule has 1 saturated heterocycles. The van der Waals surface area contributed by atoms with E-state index in [9.17, 15) is 4.79 Å². The van der Waals surface area contributed by atoms with Crippen molar-refractivity contribution in [3.8, 4) is 17.5 Å². The van der Waals surface area contributed by atoms with Crippen molar-refractivity contribution in [3.05, 3.63) is 40.4 Å². The van der Waals surface area contributed by atoms with Crippen molar-refractivity contribution in [1.82, 2.24) is 34.9 Å². The Hall–Kier alpha value is -3.31. The number of nitrogens with one attached hydrogen (secondary N) is 1. The Morgan fingerprint density at radius 2 is 2.00 bits per heavy atom. The van der Waals surface area contributed by atoms with Crippen LogP contribution in [0.1, 0.15) is 18.5 Å². The average Bonchev–Trinajstić information content (AvgIpc) is 2.87. The summed E-state index contributed by atoms with van der Waals surface area (Å²) in [6.45, 7) is 4.93. The average molecular weight is 454 g/mol. The Bertz CT molecular complexity index is 1180. The van der Waals surface area contributed by atoms with Gasteiger partial charge in [-0.3, -0.25) is 9.36 Å². The molecule has 0 amide bonds. The van der Waals surface area contributed by atoms with Crippen molar-refractivity contribution in [1.29, 1.82) is 0 Å². The van der Waals surface area contributed by atoms with Gasteiger partial charge in [0, 0.05) is 37.8 Å². The lowest BCUT2D eigenvalue weighted by molar-refractivity contribution is 0.161. The monoisotopic (exact) mass is 453 g/mol. The van der Waals surface area contributed by atoms with Gasteiger partial charge in [-0.2, -0.15) is 10.1 Å². The number of aromatic nitrogens is 5. The van der Waals surface area contributed by atoms with Crippen LogP contribution in [-0.4, -0.2) is 75.6 Å². The number of hydrogen-bond donors (Lipinski definition) is 1. The zero-order valence-electron chi connectivity index (χ0n) is 18.6. The number of hydrogen-bond acceptors (Lipinski definition) is 10. The van der Waals surface area contributed by atoms with Crippen LogP contribution in [0.3, 0.4) is 0 Å². The second-order valence-electron chi connectivity index (χ2n) is 8.14. The molecule has 0 radical (unpaired) electrons.